The number of aromatic carboxylic acids is 1. The third-order valence-corrected chi connectivity index (χ3v) is 3.94. The molecule has 0 aromatic heterocycles. The van der Waals surface area contributed by atoms with Gasteiger partial charge in [-0.1, -0.05) is 12.1 Å². The van der Waals surface area contributed by atoms with E-state index in [1.54, 1.807) is 0 Å². The molecule has 12 heteroatoms. The molecule has 1 aromatic rings. The monoisotopic (exact) mass is 388 g/mol. The van der Waals surface area contributed by atoms with Crippen LogP contribution in [-0.2, 0) is 14.9 Å². The zero-order valence-electron chi connectivity index (χ0n) is 12.3. The molecule has 0 aliphatic rings. The number of halogens is 4. The Morgan fingerprint density at radius 1 is 1.08 bits per heavy atom. The highest BCUT2D eigenvalue weighted by molar-refractivity contribution is 7.87. The van der Waals surface area contributed by atoms with Gasteiger partial charge in [-0.2, -0.15) is 26.0 Å². The highest BCUT2D eigenvalue weighted by Gasteiger charge is 2.64. The van der Waals surface area contributed by atoms with Gasteiger partial charge in [-0.05, 0) is 18.6 Å². The number of esters is 1. The smallest absolute Gasteiger partial charge is 0.431 e. The van der Waals surface area contributed by atoms with Gasteiger partial charge in [0, 0.05) is 6.42 Å². The topological polar surface area (TPSA) is 118 Å². The number of carbonyl (C=O) groups is 2. The van der Waals surface area contributed by atoms with Gasteiger partial charge in [0.2, 0.25) is 0 Å². The number of rotatable bonds is 8. The molecule has 0 aliphatic heterocycles. The van der Waals surface area contributed by atoms with Crippen LogP contribution >= 0.6 is 0 Å². The molecule has 0 atom stereocenters. The van der Waals surface area contributed by atoms with E-state index < -0.39 is 58.2 Å². The van der Waals surface area contributed by atoms with E-state index >= 15 is 0 Å². The molecule has 0 bridgehead atoms. The van der Waals surface area contributed by atoms with Gasteiger partial charge >= 0.3 is 33.2 Å². The molecule has 0 heterocycles. The third-order valence-electron chi connectivity index (χ3n) is 3.00. The minimum atomic E-state index is -6.33. The van der Waals surface area contributed by atoms with E-state index in [-0.39, 0.29) is 5.56 Å². The van der Waals surface area contributed by atoms with Crippen molar-refractivity contribution in [3.63, 3.8) is 0 Å². The first-order chi connectivity index (χ1) is 11.3. The lowest BCUT2D eigenvalue weighted by Gasteiger charge is -2.23. The van der Waals surface area contributed by atoms with Gasteiger partial charge in [0.25, 0.3) is 0 Å². The number of carbonyl (C=O) groups excluding carboxylic acids is 1. The number of hydrogen-bond acceptors (Lipinski definition) is 5. The van der Waals surface area contributed by atoms with Crippen LogP contribution in [0.25, 0.3) is 0 Å². The van der Waals surface area contributed by atoms with Gasteiger partial charge in [-0.15, -0.1) is 0 Å². The normalized spacial score (nSPS) is 12.7. The Balaban J connectivity index is 2.68. The van der Waals surface area contributed by atoms with Crippen LogP contribution < -0.4 is 0 Å². The Hall–Kier alpha value is -2.21. The fourth-order valence-electron chi connectivity index (χ4n) is 1.72. The Morgan fingerprint density at radius 2 is 1.60 bits per heavy atom. The molecule has 140 valence electrons. The van der Waals surface area contributed by atoms with Crippen LogP contribution in [0, 0.1) is 0 Å². The van der Waals surface area contributed by atoms with Gasteiger partial charge in [-0.25, -0.2) is 9.59 Å². The molecule has 1 rings (SSSR count). The van der Waals surface area contributed by atoms with Crippen molar-refractivity contribution >= 4 is 22.1 Å². The molecular formula is C13H12F4O7S. The number of carboxylic acids is 1. The summed E-state index contributed by atoms with van der Waals surface area (Å²) in [5, 5.41) is 3.19. The largest absolute Gasteiger partial charge is 0.478 e. The molecule has 0 radical (unpaired) electrons. The number of carboxylic acid groups (broad SMARTS) is 1. The first-order valence-electron chi connectivity index (χ1n) is 6.53. The lowest BCUT2D eigenvalue weighted by Crippen LogP contribution is -2.46. The summed E-state index contributed by atoms with van der Waals surface area (Å²) in [4.78, 5) is 22.6. The summed E-state index contributed by atoms with van der Waals surface area (Å²) in [7, 11) is -6.33. The van der Waals surface area contributed by atoms with E-state index in [1.165, 1.54) is 12.1 Å². The van der Waals surface area contributed by atoms with Crippen molar-refractivity contribution < 1.29 is 50.0 Å². The van der Waals surface area contributed by atoms with Gasteiger partial charge in [0.1, 0.15) is 0 Å². The molecule has 0 amide bonds. The maximum atomic E-state index is 13.2. The molecular weight excluding hydrogens is 376 g/mol. The van der Waals surface area contributed by atoms with E-state index in [0.29, 0.717) is 0 Å². The van der Waals surface area contributed by atoms with E-state index in [0.717, 1.165) is 12.1 Å². The molecule has 0 unspecified atom stereocenters. The van der Waals surface area contributed by atoms with Crippen LogP contribution in [0.3, 0.4) is 0 Å². The summed E-state index contributed by atoms with van der Waals surface area (Å²) in [6, 6.07) is 4.86. The van der Waals surface area contributed by atoms with Crippen molar-refractivity contribution in [1.82, 2.24) is 0 Å². The maximum Gasteiger partial charge on any atom is 0.431 e. The van der Waals surface area contributed by atoms with Gasteiger partial charge < -0.3 is 9.84 Å². The predicted molar refractivity (Wildman–Crippen MR) is 74.4 cm³/mol. The van der Waals surface area contributed by atoms with Crippen molar-refractivity contribution in [1.29, 1.82) is 0 Å². The van der Waals surface area contributed by atoms with Crippen LogP contribution in [-0.4, -0.2) is 47.8 Å². The second-order valence-corrected chi connectivity index (χ2v) is 6.25. The lowest BCUT2D eigenvalue weighted by atomic mass is 10.1. The average Bonchev–Trinajstić information content (AvgIpc) is 2.50. The quantitative estimate of drug-likeness (QED) is 0.304. The second kappa shape index (κ2) is 7.35. The summed E-state index contributed by atoms with van der Waals surface area (Å²) < 4.78 is 85.6. The minimum Gasteiger partial charge on any atom is -0.478 e. The predicted octanol–water partition coefficient (Wildman–Crippen LogP) is 2.44. The van der Waals surface area contributed by atoms with E-state index in [9.17, 15) is 35.6 Å². The molecule has 25 heavy (non-hydrogen) atoms. The Morgan fingerprint density at radius 3 is 2.08 bits per heavy atom. The van der Waals surface area contributed by atoms with Gasteiger partial charge in [0.15, 0.2) is 0 Å². The standard InChI is InChI=1S/C13H12F4O7S/c14-12(15,13(16,17)25(21,22)23)6-3-7-24-11(20)9-5-2-1-4-8(9)10(18)19/h1-2,4-5H,3,6-7H2,(H,18,19)(H,21,22,23). The second-order valence-electron chi connectivity index (χ2n) is 4.79. The summed E-state index contributed by atoms with van der Waals surface area (Å²) >= 11 is 0. The molecule has 0 saturated heterocycles. The van der Waals surface area contributed by atoms with Gasteiger partial charge in [0.05, 0.1) is 17.7 Å². The zero-order chi connectivity index (χ0) is 19.5. The maximum absolute atomic E-state index is 13.2. The Bertz CT molecular complexity index is 761. The van der Waals surface area contributed by atoms with Crippen molar-refractivity contribution in [2.75, 3.05) is 6.61 Å². The summed E-state index contributed by atoms with van der Waals surface area (Å²) in [6.45, 7) is -0.802. The van der Waals surface area contributed by atoms with Crippen molar-refractivity contribution in [2.24, 2.45) is 0 Å². The van der Waals surface area contributed by atoms with Crippen LogP contribution in [0.15, 0.2) is 24.3 Å². The SMILES string of the molecule is O=C(O)c1ccccc1C(=O)OCCCC(F)(F)C(F)(F)S(=O)(=O)O. The van der Waals surface area contributed by atoms with Crippen molar-refractivity contribution in [2.45, 2.75) is 24.0 Å². The highest BCUT2D eigenvalue weighted by Crippen LogP contribution is 2.41. The summed E-state index contributed by atoms with van der Waals surface area (Å²) in [5.41, 5.74) is -0.777. The van der Waals surface area contributed by atoms with E-state index in [4.69, 9.17) is 9.66 Å². The molecule has 0 saturated carbocycles. The molecule has 2 N–H and O–H groups in total. The molecule has 0 fully saturated rings. The Kier molecular flexibility index (Phi) is 6.13. The first kappa shape index (κ1) is 20.8. The molecule has 7 nitrogen and oxygen atoms in total. The van der Waals surface area contributed by atoms with Crippen molar-refractivity contribution in [3.8, 4) is 0 Å². The van der Waals surface area contributed by atoms with Crippen LogP contribution in [0.5, 0.6) is 0 Å². The van der Waals surface area contributed by atoms with Crippen LogP contribution in [0.1, 0.15) is 33.6 Å². The summed E-state index contributed by atoms with van der Waals surface area (Å²) in [6.07, 6.45) is -2.56. The number of ether oxygens (including phenoxy) is 1. The fraction of sp³-hybridized carbons (Fsp3) is 0.385. The summed E-state index contributed by atoms with van der Waals surface area (Å²) in [5.74, 6) is -7.71. The molecule has 0 aliphatic carbocycles. The Labute approximate surface area is 139 Å². The molecule has 1 aromatic carbocycles. The van der Waals surface area contributed by atoms with Crippen molar-refractivity contribution in [3.05, 3.63) is 35.4 Å². The fourth-order valence-corrected chi connectivity index (χ4v) is 2.20. The van der Waals surface area contributed by atoms with E-state index in [1.807, 2.05) is 0 Å². The minimum absolute atomic E-state index is 0.370. The number of benzene rings is 1. The number of hydrogen-bond donors (Lipinski definition) is 2. The van der Waals surface area contributed by atoms with Gasteiger partial charge in [-0.3, -0.25) is 4.55 Å². The third kappa shape index (κ3) is 4.66. The average molecular weight is 388 g/mol. The zero-order valence-corrected chi connectivity index (χ0v) is 13.1. The van der Waals surface area contributed by atoms with Crippen LogP contribution in [0.4, 0.5) is 17.6 Å². The van der Waals surface area contributed by atoms with Crippen LogP contribution in [0.2, 0.25) is 0 Å². The lowest BCUT2D eigenvalue weighted by molar-refractivity contribution is -0.165. The first-order valence-corrected chi connectivity index (χ1v) is 7.97. The highest BCUT2D eigenvalue weighted by atomic mass is 32.2. The van der Waals surface area contributed by atoms with E-state index in [2.05, 4.69) is 4.74 Å². The number of alkyl halides is 4. The molecule has 0 spiro atoms.